The molecule has 4 atom stereocenters. The van der Waals surface area contributed by atoms with Crippen molar-refractivity contribution in [3.8, 4) is 22.9 Å². The highest BCUT2D eigenvalue weighted by Crippen LogP contribution is 2.52. The SMILES string of the molecule is N#Cc1cnn2cc(OCCC3C4COCC34)cc(-c3ccc(N4CC5CC(C4)N5C(=O)c4ccccc4N4CCOCC4)nc3)c12. The number of para-hydroxylation sites is 1. The fourth-order valence-corrected chi connectivity index (χ4v) is 8.31. The molecular weight excluding hydrogens is 594 g/mol. The van der Waals surface area contributed by atoms with Crippen molar-refractivity contribution in [3.05, 3.63) is 72.2 Å². The van der Waals surface area contributed by atoms with Gasteiger partial charge in [0.05, 0.1) is 74.2 Å². The molecule has 1 aromatic carbocycles. The molecule has 11 nitrogen and oxygen atoms in total. The fraction of sp³-hybridized carbons (Fsp3) is 0.444. The maximum absolute atomic E-state index is 13.8. The second-order valence-electron chi connectivity index (χ2n) is 13.4. The number of fused-ring (bicyclic) bond motifs is 4. The number of hydrogen-bond acceptors (Lipinski definition) is 9. The standard InChI is InChI=1S/C36H37N7O4/c37-15-24-17-39-42-20-27(47-10-7-28-31-21-46-22-32(28)31)14-30(35(24)42)23-5-6-34(38-16-23)41-18-25-13-26(19-41)43(25)36(44)29-3-1-2-4-33(29)40-8-11-45-12-9-40/h1-6,14,16-17,20,25-26,28,31-32H,7-13,18-19,21-22H2. The van der Waals surface area contributed by atoms with E-state index in [2.05, 4.69) is 38.0 Å². The van der Waals surface area contributed by atoms with Crippen molar-refractivity contribution in [2.45, 2.75) is 24.9 Å². The van der Waals surface area contributed by atoms with Crippen molar-refractivity contribution in [2.75, 3.05) is 69.0 Å². The van der Waals surface area contributed by atoms with Gasteiger partial charge in [0.15, 0.2) is 0 Å². The maximum atomic E-state index is 13.8. The van der Waals surface area contributed by atoms with Gasteiger partial charge in [0.25, 0.3) is 5.91 Å². The van der Waals surface area contributed by atoms with Gasteiger partial charge in [0.2, 0.25) is 0 Å². The van der Waals surface area contributed by atoms with Crippen molar-refractivity contribution >= 4 is 22.9 Å². The zero-order valence-corrected chi connectivity index (χ0v) is 26.2. The maximum Gasteiger partial charge on any atom is 0.256 e. The second-order valence-corrected chi connectivity index (χ2v) is 13.4. The minimum atomic E-state index is 0.116. The molecule has 6 fully saturated rings. The predicted molar refractivity (Wildman–Crippen MR) is 175 cm³/mol. The number of aromatic nitrogens is 3. The summed E-state index contributed by atoms with van der Waals surface area (Å²) in [7, 11) is 0. The van der Waals surface area contributed by atoms with Crippen LogP contribution in [-0.4, -0.2) is 96.7 Å². The average Bonchev–Trinajstić information content (AvgIpc) is 3.42. The van der Waals surface area contributed by atoms with Crippen LogP contribution >= 0.6 is 0 Å². The quantitative estimate of drug-likeness (QED) is 0.286. The third kappa shape index (κ3) is 4.98. The van der Waals surface area contributed by atoms with Crippen LogP contribution in [0.3, 0.4) is 0 Å². The van der Waals surface area contributed by atoms with E-state index in [9.17, 15) is 10.1 Å². The third-order valence-electron chi connectivity index (χ3n) is 10.9. The van der Waals surface area contributed by atoms with Crippen LogP contribution in [0, 0.1) is 29.1 Å². The van der Waals surface area contributed by atoms with Gasteiger partial charge in [-0.3, -0.25) is 4.79 Å². The minimum absolute atomic E-state index is 0.116. The number of anilines is 2. The van der Waals surface area contributed by atoms with Crippen molar-refractivity contribution in [1.29, 1.82) is 5.26 Å². The Hall–Kier alpha value is -4.66. The molecule has 8 heterocycles. The van der Waals surface area contributed by atoms with E-state index >= 15 is 0 Å². The molecule has 1 saturated carbocycles. The molecule has 0 N–H and O–H groups in total. The van der Waals surface area contributed by atoms with Gasteiger partial charge in [-0.05, 0) is 60.9 Å². The summed E-state index contributed by atoms with van der Waals surface area (Å²) in [6, 6.07) is 16.7. The van der Waals surface area contributed by atoms with Gasteiger partial charge in [0, 0.05) is 49.2 Å². The van der Waals surface area contributed by atoms with Gasteiger partial charge >= 0.3 is 0 Å². The van der Waals surface area contributed by atoms with E-state index in [1.807, 2.05) is 42.7 Å². The lowest BCUT2D eigenvalue weighted by molar-refractivity contribution is 0.00579. The summed E-state index contributed by atoms with van der Waals surface area (Å²) in [6.07, 6.45) is 7.35. The Bertz CT molecular complexity index is 1840. The number of ether oxygens (including phenoxy) is 3. The number of hydrogen-bond donors (Lipinski definition) is 0. The van der Waals surface area contributed by atoms with Crippen LogP contribution in [0.5, 0.6) is 5.75 Å². The monoisotopic (exact) mass is 631 g/mol. The lowest BCUT2D eigenvalue weighted by atomic mass is 9.86. The molecule has 1 aliphatic carbocycles. The van der Waals surface area contributed by atoms with Gasteiger partial charge in [-0.2, -0.15) is 10.4 Å². The molecule has 5 saturated heterocycles. The number of nitriles is 1. The average molecular weight is 632 g/mol. The first-order valence-corrected chi connectivity index (χ1v) is 16.7. The molecule has 4 aromatic rings. The van der Waals surface area contributed by atoms with E-state index in [1.165, 1.54) is 0 Å². The topological polar surface area (TPSA) is 108 Å². The van der Waals surface area contributed by atoms with Crippen LogP contribution in [0.4, 0.5) is 11.5 Å². The molecule has 0 spiro atoms. The largest absolute Gasteiger partial charge is 0.492 e. The number of morpholine rings is 1. The molecule has 240 valence electrons. The lowest BCUT2D eigenvalue weighted by Crippen LogP contribution is -2.70. The summed E-state index contributed by atoms with van der Waals surface area (Å²) in [5, 5.41) is 14.3. The van der Waals surface area contributed by atoms with Crippen LogP contribution in [0.25, 0.3) is 16.6 Å². The summed E-state index contributed by atoms with van der Waals surface area (Å²) < 4.78 is 19.0. The van der Waals surface area contributed by atoms with Gasteiger partial charge in [0.1, 0.15) is 17.6 Å². The molecule has 4 unspecified atom stereocenters. The molecule has 11 heteroatoms. The van der Waals surface area contributed by atoms with E-state index in [0.29, 0.717) is 43.1 Å². The highest BCUT2D eigenvalue weighted by atomic mass is 16.5. The van der Waals surface area contributed by atoms with Gasteiger partial charge in [-0.15, -0.1) is 0 Å². The summed E-state index contributed by atoms with van der Waals surface area (Å²) in [5.74, 6) is 3.85. The van der Waals surface area contributed by atoms with E-state index < -0.39 is 0 Å². The Morgan fingerprint density at radius 1 is 1.00 bits per heavy atom. The number of piperidine rings is 1. The molecule has 10 rings (SSSR count). The van der Waals surface area contributed by atoms with Crippen molar-refractivity contribution < 1.29 is 19.0 Å². The molecule has 1 amide bonds. The molecule has 6 aliphatic rings. The van der Waals surface area contributed by atoms with Crippen molar-refractivity contribution in [3.63, 3.8) is 0 Å². The summed E-state index contributed by atoms with van der Waals surface area (Å²) in [6.45, 7) is 6.87. The number of benzene rings is 1. The van der Waals surface area contributed by atoms with E-state index in [0.717, 1.165) is 91.7 Å². The molecule has 0 radical (unpaired) electrons. The summed E-state index contributed by atoms with van der Waals surface area (Å²) in [5.41, 5.74) is 4.80. The van der Waals surface area contributed by atoms with Crippen LogP contribution in [0.2, 0.25) is 0 Å². The first-order chi connectivity index (χ1) is 23.2. The third-order valence-corrected chi connectivity index (χ3v) is 10.9. The molecule has 5 aliphatic heterocycles. The number of carbonyl (C=O) groups is 1. The fourth-order valence-electron chi connectivity index (χ4n) is 8.31. The Labute approximate surface area is 273 Å². The van der Waals surface area contributed by atoms with Crippen LogP contribution in [0.15, 0.2) is 61.1 Å². The minimum Gasteiger partial charge on any atom is -0.492 e. The van der Waals surface area contributed by atoms with E-state index in [-0.39, 0.29) is 18.0 Å². The van der Waals surface area contributed by atoms with E-state index in [4.69, 9.17) is 19.2 Å². The zero-order chi connectivity index (χ0) is 31.5. The summed E-state index contributed by atoms with van der Waals surface area (Å²) >= 11 is 0. The number of pyridine rings is 2. The van der Waals surface area contributed by atoms with Crippen LogP contribution in [-0.2, 0) is 9.47 Å². The van der Waals surface area contributed by atoms with Crippen molar-refractivity contribution in [2.24, 2.45) is 17.8 Å². The Balaban J connectivity index is 0.902. The van der Waals surface area contributed by atoms with Gasteiger partial charge in [-0.25, -0.2) is 9.50 Å². The molecule has 2 bridgehead atoms. The second kappa shape index (κ2) is 11.5. The first kappa shape index (κ1) is 28.6. The molecule has 47 heavy (non-hydrogen) atoms. The van der Waals surface area contributed by atoms with Crippen LogP contribution in [0.1, 0.15) is 28.8 Å². The Kier molecular flexibility index (Phi) is 7.01. The van der Waals surface area contributed by atoms with Gasteiger partial charge < -0.3 is 28.9 Å². The number of nitrogens with zero attached hydrogens (tertiary/aromatic N) is 7. The number of carbonyl (C=O) groups excluding carboxylic acids is 1. The zero-order valence-electron chi connectivity index (χ0n) is 26.2. The van der Waals surface area contributed by atoms with Crippen LogP contribution < -0.4 is 14.5 Å². The lowest BCUT2D eigenvalue weighted by Gasteiger charge is -2.56. The smallest absolute Gasteiger partial charge is 0.256 e. The molecular formula is C36H37N7O4. The number of amides is 1. The van der Waals surface area contributed by atoms with E-state index in [1.54, 1.807) is 10.7 Å². The van der Waals surface area contributed by atoms with Crippen molar-refractivity contribution in [1.82, 2.24) is 19.5 Å². The normalized spacial score (nSPS) is 26.1. The number of rotatable bonds is 8. The Morgan fingerprint density at radius 3 is 2.57 bits per heavy atom. The summed E-state index contributed by atoms with van der Waals surface area (Å²) in [4.78, 5) is 25.4. The highest BCUT2D eigenvalue weighted by molar-refractivity contribution is 6.01. The Morgan fingerprint density at radius 2 is 1.81 bits per heavy atom. The predicted octanol–water partition coefficient (Wildman–Crippen LogP) is 3.87. The molecule has 3 aromatic heterocycles. The first-order valence-electron chi connectivity index (χ1n) is 16.7. The highest BCUT2D eigenvalue weighted by Gasteiger charge is 2.53. The van der Waals surface area contributed by atoms with Gasteiger partial charge in [-0.1, -0.05) is 12.1 Å². The number of piperazine rings is 1.